The fourth-order valence-corrected chi connectivity index (χ4v) is 0.570. The van der Waals surface area contributed by atoms with Gasteiger partial charge in [-0.25, -0.2) is 0 Å². The summed E-state index contributed by atoms with van der Waals surface area (Å²) in [5, 5.41) is 8.63. The van der Waals surface area contributed by atoms with Crippen LogP contribution in [0.1, 0.15) is 26.7 Å². The molecule has 0 radical (unpaired) electrons. The third kappa shape index (κ3) is 2.67. The molecular weight excluding hydrogens is 128 g/mol. The Labute approximate surface area is 61.6 Å². The molecule has 0 aromatic carbocycles. The van der Waals surface area contributed by atoms with Crippen LogP contribution >= 0.6 is 0 Å². The molecule has 0 saturated heterocycles. The molecule has 0 bridgehead atoms. The van der Waals surface area contributed by atoms with E-state index < -0.39 is 11.4 Å². The third-order valence-corrected chi connectivity index (χ3v) is 1.55. The summed E-state index contributed by atoms with van der Waals surface area (Å²) >= 11 is 0. The lowest BCUT2D eigenvalue weighted by Gasteiger charge is -2.16. The zero-order valence-corrected chi connectivity index (χ0v) is 6.55. The molecule has 10 heavy (non-hydrogen) atoms. The van der Waals surface area contributed by atoms with Crippen molar-refractivity contribution < 1.29 is 9.90 Å². The number of hydrogen-bond donors (Lipinski definition) is 1. The summed E-state index contributed by atoms with van der Waals surface area (Å²) in [7, 11) is 0. The van der Waals surface area contributed by atoms with Gasteiger partial charge in [0.05, 0.1) is 5.41 Å². The van der Waals surface area contributed by atoms with Crippen molar-refractivity contribution >= 4 is 5.97 Å². The molecule has 0 aliphatic rings. The summed E-state index contributed by atoms with van der Waals surface area (Å²) in [6.45, 7) is 6.97. The van der Waals surface area contributed by atoms with Gasteiger partial charge in [0.15, 0.2) is 0 Å². The van der Waals surface area contributed by atoms with E-state index in [1.54, 1.807) is 19.9 Å². The van der Waals surface area contributed by atoms with Crippen molar-refractivity contribution in [3.63, 3.8) is 0 Å². The molecule has 0 rings (SSSR count). The molecule has 0 fully saturated rings. The Kier molecular flexibility index (Phi) is 3.13. The quantitative estimate of drug-likeness (QED) is 0.610. The average molecular weight is 142 g/mol. The second-order valence-electron chi connectivity index (χ2n) is 3.02. The maximum absolute atomic E-state index is 10.5. The van der Waals surface area contributed by atoms with E-state index in [1.165, 1.54) is 0 Å². The van der Waals surface area contributed by atoms with Crippen LogP contribution in [0, 0.1) is 5.41 Å². The van der Waals surface area contributed by atoms with Gasteiger partial charge < -0.3 is 5.11 Å². The van der Waals surface area contributed by atoms with E-state index >= 15 is 0 Å². The Morgan fingerprint density at radius 2 is 2.20 bits per heavy atom. The normalized spacial score (nSPS) is 11.0. The molecule has 0 aromatic rings. The van der Waals surface area contributed by atoms with Crippen molar-refractivity contribution in [2.24, 2.45) is 5.41 Å². The molecule has 0 aliphatic heterocycles. The smallest absolute Gasteiger partial charge is 0.309 e. The molecule has 2 nitrogen and oxygen atoms in total. The second-order valence-corrected chi connectivity index (χ2v) is 3.02. The molecule has 0 unspecified atom stereocenters. The SMILES string of the molecule is C=CCCC(C)(C)C(=O)O. The number of rotatable bonds is 4. The molecule has 0 spiro atoms. The summed E-state index contributed by atoms with van der Waals surface area (Å²) in [5.74, 6) is -0.741. The summed E-state index contributed by atoms with van der Waals surface area (Å²) in [4.78, 5) is 10.5. The number of carboxylic acids is 1. The standard InChI is InChI=1S/C8H14O2/c1-4-5-6-8(2,3)7(9)10/h4H,1,5-6H2,2-3H3,(H,9,10). The van der Waals surface area contributed by atoms with Crippen molar-refractivity contribution in [3.05, 3.63) is 12.7 Å². The van der Waals surface area contributed by atoms with Crippen LogP contribution in [0.15, 0.2) is 12.7 Å². The highest BCUT2D eigenvalue weighted by atomic mass is 16.4. The minimum Gasteiger partial charge on any atom is -0.481 e. The summed E-state index contributed by atoms with van der Waals surface area (Å²) in [6.07, 6.45) is 3.16. The summed E-state index contributed by atoms with van der Waals surface area (Å²) < 4.78 is 0. The van der Waals surface area contributed by atoms with E-state index in [1.807, 2.05) is 0 Å². The van der Waals surface area contributed by atoms with Crippen LogP contribution in [0.25, 0.3) is 0 Å². The first kappa shape index (κ1) is 9.21. The lowest BCUT2D eigenvalue weighted by atomic mass is 9.88. The van der Waals surface area contributed by atoms with Gasteiger partial charge in [-0.2, -0.15) is 0 Å². The van der Waals surface area contributed by atoms with Gasteiger partial charge in [0.2, 0.25) is 0 Å². The predicted octanol–water partition coefficient (Wildman–Crippen LogP) is 2.06. The van der Waals surface area contributed by atoms with E-state index in [9.17, 15) is 4.79 Å². The fraction of sp³-hybridized carbons (Fsp3) is 0.625. The maximum atomic E-state index is 10.5. The topological polar surface area (TPSA) is 37.3 Å². The minimum atomic E-state index is -0.741. The minimum absolute atomic E-state index is 0.603. The Bertz CT molecular complexity index is 136. The molecule has 0 atom stereocenters. The van der Waals surface area contributed by atoms with Crippen LogP contribution in [0.4, 0.5) is 0 Å². The molecule has 0 heterocycles. The second kappa shape index (κ2) is 3.40. The van der Waals surface area contributed by atoms with Crippen LogP contribution in [0.5, 0.6) is 0 Å². The number of carboxylic acid groups (broad SMARTS) is 1. The highest BCUT2D eigenvalue weighted by Gasteiger charge is 2.25. The van der Waals surface area contributed by atoms with Crippen molar-refractivity contribution in [2.75, 3.05) is 0 Å². The van der Waals surface area contributed by atoms with Crippen molar-refractivity contribution in [3.8, 4) is 0 Å². The number of allylic oxidation sites excluding steroid dienone is 1. The number of carbonyl (C=O) groups is 1. The van der Waals surface area contributed by atoms with Gasteiger partial charge in [0, 0.05) is 0 Å². The maximum Gasteiger partial charge on any atom is 0.309 e. The molecule has 58 valence electrons. The molecule has 0 aromatic heterocycles. The Morgan fingerprint density at radius 1 is 1.70 bits per heavy atom. The number of aliphatic carboxylic acids is 1. The highest BCUT2D eigenvalue weighted by Crippen LogP contribution is 2.22. The van der Waals surface area contributed by atoms with Crippen LogP contribution in [0.2, 0.25) is 0 Å². The Balaban J connectivity index is 3.86. The van der Waals surface area contributed by atoms with Gasteiger partial charge in [0.25, 0.3) is 0 Å². The van der Waals surface area contributed by atoms with Crippen LogP contribution < -0.4 is 0 Å². The van der Waals surface area contributed by atoms with Crippen LogP contribution in [0.3, 0.4) is 0 Å². The molecule has 0 saturated carbocycles. The molecule has 2 heteroatoms. The van der Waals surface area contributed by atoms with Gasteiger partial charge >= 0.3 is 5.97 Å². The van der Waals surface area contributed by atoms with E-state index in [-0.39, 0.29) is 0 Å². The number of hydrogen-bond acceptors (Lipinski definition) is 1. The van der Waals surface area contributed by atoms with E-state index in [2.05, 4.69) is 6.58 Å². The van der Waals surface area contributed by atoms with Gasteiger partial charge in [-0.15, -0.1) is 6.58 Å². The Hall–Kier alpha value is -0.790. The van der Waals surface area contributed by atoms with Crippen molar-refractivity contribution in [2.45, 2.75) is 26.7 Å². The summed E-state index contributed by atoms with van der Waals surface area (Å²) in [5.41, 5.74) is -0.603. The van der Waals surface area contributed by atoms with Gasteiger partial charge in [-0.05, 0) is 26.7 Å². The average Bonchev–Trinajstić information content (AvgIpc) is 1.84. The first-order chi connectivity index (χ1) is 4.50. The molecule has 0 aliphatic carbocycles. The zero-order valence-electron chi connectivity index (χ0n) is 6.55. The third-order valence-electron chi connectivity index (χ3n) is 1.55. The van der Waals surface area contributed by atoms with E-state index in [0.29, 0.717) is 6.42 Å². The lowest BCUT2D eigenvalue weighted by Crippen LogP contribution is -2.22. The zero-order chi connectivity index (χ0) is 8.20. The first-order valence-electron chi connectivity index (χ1n) is 3.35. The molecule has 1 N–H and O–H groups in total. The Morgan fingerprint density at radius 3 is 2.50 bits per heavy atom. The van der Waals surface area contributed by atoms with Gasteiger partial charge in [0.1, 0.15) is 0 Å². The van der Waals surface area contributed by atoms with Crippen molar-refractivity contribution in [1.82, 2.24) is 0 Å². The van der Waals surface area contributed by atoms with E-state index in [0.717, 1.165) is 6.42 Å². The highest BCUT2D eigenvalue weighted by molar-refractivity contribution is 5.73. The van der Waals surface area contributed by atoms with Crippen LogP contribution in [-0.2, 0) is 4.79 Å². The van der Waals surface area contributed by atoms with Crippen LogP contribution in [-0.4, -0.2) is 11.1 Å². The monoisotopic (exact) mass is 142 g/mol. The lowest BCUT2D eigenvalue weighted by molar-refractivity contribution is -0.147. The van der Waals surface area contributed by atoms with Gasteiger partial charge in [-0.1, -0.05) is 6.08 Å². The van der Waals surface area contributed by atoms with Crippen molar-refractivity contribution in [1.29, 1.82) is 0 Å². The fourth-order valence-electron chi connectivity index (χ4n) is 0.570. The molecular formula is C8H14O2. The van der Waals surface area contributed by atoms with Gasteiger partial charge in [-0.3, -0.25) is 4.79 Å². The van der Waals surface area contributed by atoms with E-state index in [4.69, 9.17) is 5.11 Å². The summed E-state index contributed by atoms with van der Waals surface area (Å²) in [6, 6.07) is 0. The largest absolute Gasteiger partial charge is 0.481 e. The molecule has 0 amide bonds. The first-order valence-corrected chi connectivity index (χ1v) is 3.35. The predicted molar refractivity (Wildman–Crippen MR) is 40.8 cm³/mol.